The molecule has 4 unspecified atom stereocenters. The molecule has 0 saturated heterocycles. The molecular weight excluding hydrogens is 595 g/mol. The first kappa shape index (κ1) is 40.9. The van der Waals surface area contributed by atoms with E-state index < -0.39 is 30.3 Å². The van der Waals surface area contributed by atoms with E-state index in [-0.39, 0.29) is 62.4 Å². The molecular formula is C36H55FO9. The van der Waals surface area contributed by atoms with Gasteiger partial charge in [-0.15, -0.1) is 0 Å². The topological polar surface area (TPSA) is 114 Å². The Morgan fingerprint density at radius 2 is 1.50 bits per heavy atom. The maximum absolute atomic E-state index is 13.1. The summed E-state index contributed by atoms with van der Waals surface area (Å²) < 4.78 is 40.7. The highest BCUT2D eigenvalue weighted by atomic mass is 19.1. The third kappa shape index (κ3) is 20.8. The van der Waals surface area contributed by atoms with Crippen LogP contribution in [0.2, 0.25) is 0 Å². The molecule has 1 aromatic rings. The van der Waals surface area contributed by atoms with Crippen molar-refractivity contribution < 1.29 is 47.3 Å². The lowest BCUT2D eigenvalue weighted by Gasteiger charge is -2.20. The van der Waals surface area contributed by atoms with Gasteiger partial charge >= 0.3 is 11.9 Å². The molecule has 0 heterocycles. The van der Waals surface area contributed by atoms with E-state index in [2.05, 4.69) is 13.0 Å². The molecule has 0 spiro atoms. The number of Topliss-reactive ketones (excluding diaryl/α,β-unsaturated/α-hetero) is 2. The van der Waals surface area contributed by atoms with E-state index in [1.807, 2.05) is 13.0 Å². The second kappa shape index (κ2) is 25.0. The molecule has 0 aliphatic heterocycles. The lowest BCUT2D eigenvalue weighted by atomic mass is 10.1. The van der Waals surface area contributed by atoms with Crippen molar-refractivity contribution in [3.05, 3.63) is 42.2 Å². The number of methoxy groups -OCH3 is 1. The first-order valence-corrected chi connectivity index (χ1v) is 16.6. The van der Waals surface area contributed by atoms with Crippen LogP contribution in [0, 0.1) is 5.82 Å². The summed E-state index contributed by atoms with van der Waals surface area (Å²) in [7, 11) is 1.44. The molecule has 46 heavy (non-hydrogen) atoms. The summed E-state index contributed by atoms with van der Waals surface area (Å²) in [5.74, 6) is -1.31. The SMILES string of the molecule is CCCCCCC=CCC(CC(C)=O)OCC(=O)CC(CCCC)OC(=O)CC(C)OC(=O)CC(COc1ccc(F)cc1)OC. The number of rotatable bonds is 27. The highest BCUT2D eigenvalue weighted by Gasteiger charge is 2.23. The molecule has 0 aliphatic rings. The van der Waals surface area contributed by atoms with Gasteiger partial charge in [0, 0.05) is 20.0 Å². The number of ether oxygens (including phenoxy) is 5. The van der Waals surface area contributed by atoms with Gasteiger partial charge < -0.3 is 23.7 Å². The number of allylic oxidation sites excluding steroid dienone is 1. The van der Waals surface area contributed by atoms with Gasteiger partial charge in [-0.3, -0.25) is 19.2 Å². The average molecular weight is 651 g/mol. The van der Waals surface area contributed by atoms with Gasteiger partial charge in [-0.2, -0.15) is 0 Å². The zero-order valence-electron chi connectivity index (χ0n) is 28.4. The van der Waals surface area contributed by atoms with Crippen LogP contribution in [0.5, 0.6) is 5.75 Å². The summed E-state index contributed by atoms with van der Waals surface area (Å²) in [6.07, 6.45) is 10.1. The minimum absolute atomic E-state index is 0.00351. The lowest BCUT2D eigenvalue weighted by Crippen LogP contribution is -2.29. The summed E-state index contributed by atoms with van der Waals surface area (Å²) in [6, 6.07) is 5.49. The number of benzene rings is 1. The maximum Gasteiger partial charge on any atom is 0.309 e. The Bertz CT molecular complexity index is 1040. The minimum Gasteiger partial charge on any atom is -0.491 e. The largest absolute Gasteiger partial charge is 0.491 e. The van der Waals surface area contributed by atoms with Crippen LogP contribution >= 0.6 is 0 Å². The van der Waals surface area contributed by atoms with Crippen molar-refractivity contribution in [2.75, 3.05) is 20.3 Å². The van der Waals surface area contributed by atoms with Gasteiger partial charge in [0.25, 0.3) is 0 Å². The number of unbranched alkanes of at least 4 members (excludes halogenated alkanes) is 5. The van der Waals surface area contributed by atoms with Crippen LogP contribution in [-0.2, 0) is 38.1 Å². The molecule has 260 valence electrons. The Labute approximate surface area is 274 Å². The van der Waals surface area contributed by atoms with E-state index in [9.17, 15) is 23.6 Å². The molecule has 1 aromatic carbocycles. The molecule has 0 aliphatic carbocycles. The lowest BCUT2D eigenvalue weighted by molar-refractivity contribution is -0.159. The van der Waals surface area contributed by atoms with E-state index >= 15 is 0 Å². The molecule has 0 bridgehead atoms. The summed E-state index contributed by atoms with van der Waals surface area (Å²) in [5, 5.41) is 0. The summed E-state index contributed by atoms with van der Waals surface area (Å²) in [5.41, 5.74) is 0. The highest BCUT2D eigenvalue weighted by Crippen LogP contribution is 2.16. The Balaban J connectivity index is 2.52. The number of hydrogen-bond donors (Lipinski definition) is 0. The van der Waals surface area contributed by atoms with E-state index in [0.717, 1.165) is 25.7 Å². The van der Waals surface area contributed by atoms with Crippen LogP contribution in [-0.4, -0.2) is 68.2 Å². The van der Waals surface area contributed by atoms with Gasteiger partial charge in [-0.25, -0.2) is 4.39 Å². The van der Waals surface area contributed by atoms with Gasteiger partial charge in [0.05, 0.1) is 18.9 Å². The number of ketones is 2. The van der Waals surface area contributed by atoms with Crippen LogP contribution < -0.4 is 4.74 Å². The first-order chi connectivity index (χ1) is 22.1. The van der Waals surface area contributed by atoms with E-state index in [1.165, 1.54) is 57.6 Å². The smallest absolute Gasteiger partial charge is 0.309 e. The molecule has 10 heteroatoms. The Morgan fingerprint density at radius 3 is 2.15 bits per heavy atom. The van der Waals surface area contributed by atoms with Crippen LogP contribution in [0.4, 0.5) is 4.39 Å². The number of carbonyl (C=O) groups excluding carboxylic acids is 4. The normalized spacial score (nSPS) is 14.0. The standard InChI is InChI=1S/C36H55FO9/c1-6-8-10-11-12-13-14-16-32(21-27(3)38)43-25-30(39)23-33(15-9-7-2)46-35(40)22-28(4)45-36(41)24-34(42-5)26-44-31-19-17-29(37)18-20-31/h13-14,17-20,28,32-34H,6-12,15-16,21-26H2,1-5H3. The summed E-state index contributed by atoms with van der Waals surface area (Å²) >= 11 is 0. The van der Waals surface area contributed by atoms with Crippen LogP contribution in [0.25, 0.3) is 0 Å². The average Bonchev–Trinajstić information content (AvgIpc) is 3.00. The predicted molar refractivity (Wildman–Crippen MR) is 174 cm³/mol. The second-order valence-electron chi connectivity index (χ2n) is 11.7. The van der Waals surface area contributed by atoms with Gasteiger partial charge in [-0.05, 0) is 63.8 Å². The van der Waals surface area contributed by atoms with Crippen LogP contribution in [0.15, 0.2) is 36.4 Å². The third-order valence-electron chi connectivity index (χ3n) is 7.18. The fourth-order valence-electron chi connectivity index (χ4n) is 4.64. The Morgan fingerprint density at radius 1 is 0.804 bits per heavy atom. The Hall–Kier alpha value is -3.11. The van der Waals surface area contributed by atoms with Crippen LogP contribution in [0.3, 0.4) is 0 Å². The van der Waals surface area contributed by atoms with E-state index in [0.29, 0.717) is 18.6 Å². The quantitative estimate of drug-likeness (QED) is 0.0551. The van der Waals surface area contributed by atoms with Crippen molar-refractivity contribution in [3.8, 4) is 5.75 Å². The molecule has 0 amide bonds. The van der Waals surface area contributed by atoms with Crippen molar-refractivity contribution in [1.82, 2.24) is 0 Å². The fraction of sp³-hybridized carbons (Fsp3) is 0.667. The molecule has 4 atom stereocenters. The number of hydrogen-bond acceptors (Lipinski definition) is 9. The fourth-order valence-corrected chi connectivity index (χ4v) is 4.64. The van der Waals surface area contributed by atoms with Gasteiger partial charge in [-0.1, -0.05) is 58.1 Å². The van der Waals surface area contributed by atoms with Gasteiger partial charge in [0.2, 0.25) is 0 Å². The van der Waals surface area contributed by atoms with Crippen molar-refractivity contribution in [3.63, 3.8) is 0 Å². The Kier molecular flexibility index (Phi) is 22.3. The van der Waals surface area contributed by atoms with Crippen molar-refractivity contribution in [2.24, 2.45) is 0 Å². The van der Waals surface area contributed by atoms with Gasteiger partial charge in [0.15, 0.2) is 5.78 Å². The predicted octanol–water partition coefficient (Wildman–Crippen LogP) is 7.27. The van der Waals surface area contributed by atoms with Crippen molar-refractivity contribution >= 4 is 23.5 Å². The van der Waals surface area contributed by atoms with E-state index in [4.69, 9.17) is 23.7 Å². The highest BCUT2D eigenvalue weighted by molar-refractivity contribution is 5.81. The van der Waals surface area contributed by atoms with E-state index in [1.54, 1.807) is 6.92 Å². The van der Waals surface area contributed by atoms with Crippen molar-refractivity contribution in [1.29, 1.82) is 0 Å². The second-order valence-corrected chi connectivity index (χ2v) is 11.7. The summed E-state index contributed by atoms with van der Waals surface area (Å²) in [4.78, 5) is 49.7. The number of carbonyl (C=O) groups is 4. The summed E-state index contributed by atoms with van der Waals surface area (Å²) in [6.45, 7) is 7.16. The van der Waals surface area contributed by atoms with Crippen LogP contribution in [0.1, 0.15) is 111 Å². The zero-order chi connectivity index (χ0) is 34.2. The molecule has 9 nitrogen and oxygen atoms in total. The molecule has 0 N–H and O–H groups in total. The van der Waals surface area contributed by atoms with Crippen molar-refractivity contribution in [2.45, 2.75) is 136 Å². The zero-order valence-corrected chi connectivity index (χ0v) is 28.4. The monoisotopic (exact) mass is 650 g/mol. The molecule has 0 saturated carbocycles. The molecule has 0 fully saturated rings. The number of esters is 2. The third-order valence-corrected chi connectivity index (χ3v) is 7.18. The maximum atomic E-state index is 13.1. The molecule has 0 radical (unpaired) electrons. The molecule has 0 aromatic heterocycles. The molecule has 1 rings (SSSR count). The minimum atomic E-state index is -0.756. The number of halogens is 1. The first-order valence-electron chi connectivity index (χ1n) is 16.6. The van der Waals surface area contributed by atoms with Gasteiger partial charge in [0.1, 0.15) is 48.9 Å².